The number of nitriles is 1. The van der Waals surface area contributed by atoms with Crippen molar-refractivity contribution in [2.45, 2.75) is 50.1 Å². The Kier molecular flexibility index (Phi) is 5.85. The number of nitrogens with zero attached hydrogens (tertiary/aromatic N) is 2. The number of nitrogens with one attached hydrogen (secondary N) is 2. The molecule has 0 radical (unpaired) electrons. The number of carbonyl (C=O) groups excluding carboxylic acids is 2. The van der Waals surface area contributed by atoms with E-state index in [1.54, 1.807) is 24.5 Å². The third kappa shape index (κ3) is 5.52. The van der Waals surface area contributed by atoms with E-state index in [0.29, 0.717) is 24.4 Å². The van der Waals surface area contributed by atoms with Crippen molar-refractivity contribution in [2.75, 3.05) is 0 Å². The molecule has 0 saturated heterocycles. The highest BCUT2D eigenvalue weighted by Crippen LogP contribution is 2.34. The average Bonchev–Trinajstić information content (AvgIpc) is 3.47. The lowest BCUT2D eigenvalue weighted by Crippen LogP contribution is -2.52. The monoisotopic (exact) mass is 406 g/mol. The Hall–Kier alpha value is -2.98. The molecule has 0 unspecified atom stereocenters. The van der Waals surface area contributed by atoms with Gasteiger partial charge in [0, 0.05) is 31.6 Å². The SMILES string of the molecule is C[Si](C)(C)C[C@H](NC(=O)c1cccc(-c2cccnc2)c1)C(=O)NC1(C#N)CC1. The van der Waals surface area contributed by atoms with Crippen LogP contribution < -0.4 is 10.6 Å². The predicted molar refractivity (Wildman–Crippen MR) is 115 cm³/mol. The van der Waals surface area contributed by atoms with Crippen LogP contribution in [0.15, 0.2) is 48.8 Å². The van der Waals surface area contributed by atoms with Gasteiger partial charge in [0.25, 0.3) is 5.91 Å². The Balaban J connectivity index is 1.77. The van der Waals surface area contributed by atoms with Gasteiger partial charge in [-0.15, -0.1) is 0 Å². The summed E-state index contributed by atoms with van der Waals surface area (Å²) in [5.41, 5.74) is 1.54. The number of pyridine rings is 1. The van der Waals surface area contributed by atoms with Gasteiger partial charge in [-0.3, -0.25) is 14.6 Å². The van der Waals surface area contributed by atoms with Gasteiger partial charge in [0.15, 0.2) is 0 Å². The van der Waals surface area contributed by atoms with E-state index in [2.05, 4.69) is 41.3 Å². The molecule has 150 valence electrons. The number of rotatable bonds is 7. The summed E-state index contributed by atoms with van der Waals surface area (Å²) < 4.78 is 0. The molecule has 0 aliphatic heterocycles. The van der Waals surface area contributed by atoms with Crippen LogP contribution in [-0.2, 0) is 4.79 Å². The Bertz CT molecular complexity index is 943. The van der Waals surface area contributed by atoms with Crippen LogP contribution in [0.25, 0.3) is 11.1 Å². The van der Waals surface area contributed by atoms with Crippen LogP contribution >= 0.6 is 0 Å². The van der Waals surface area contributed by atoms with E-state index in [1.165, 1.54) is 0 Å². The first-order valence-corrected chi connectivity index (χ1v) is 13.5. The molecular formula is C22H26N4O2Si. The molecule has 1 aromatic carbocycles. The maximum atomic E-state index is 12.9. The highest BCUT2D eigenvalue weighted by molar-refractivity contribution is 6.76. The van der Waals surface area contributed by atoms with Crippen molar-refractivity contribution in [1.29, 1.82) is 5.26 Å². The third-order valence-corrected chi connectivity index (χ3v) is 6.52. The number of hydrogen-bond donors (Lipinski definition) is 2. The first-order chi connectivity index (χ1) is 13.7. The fourth-order valence-corrected chi connectivity index (χ4v) is 4.66. The summed E-state index contributed by atoms with van der Waals surface area (Å²) in [7, 11) is -1.65. The van der Waals surface area contributed by atoms with Gasteiger partial charge in [0.05, 0.1) is 6.07 Å². The molecule has 1 atom stereocenters. The third-order valence-electron chi connectivity index (χ3n) is 4.88. The molecule has 3 rings (SSSR count). The summed E-state index contributed by atoms with van der Waals surface area (Å²) >= 11 is 0. The first-order valence-electron chi connectivity index (χ1n) is 9.76. The minimum absolute atomic E-state index is 0.275. The smallest absolute Gasteiger partial charge is 0.251 e. The quantitative estimate of drug-likeness (QED) is 0.689. The van der Waals surface area contributed by atoms with E-state index in [-0.39, 0.29) is 11.8 Å². The van der Waals surface area contributed by atoms with Crippen molar-refractivity contribution in [3.63, 3.8) is 0 Å². The summed E-state index contributed by atoms with van der Waals surface area (Å²) in [6, 6.07) is 13.2. The zero-order chi connectivity index (χ0) is 21.1. The van der Waals surface area contributed by atoms with Crippen molar-refractivity contribution in [3.05, 3.63) is 54.4 Å². The molecule has 1 heterocycles. The molecule has 1 aliphatic rings. The van der Waals surface area contributed by atoms with Gasteiger partial charge in [-0.2, -0.15) is 5.26 Å². The molecule has 6 nitrogen and oxygen atoms in total. The van der Waals surface area contributed by atoms with Crippen LogP contribution in [0.3, 0.4) is 0 Å². The number of hydrogen-bond acceptors (Lipinski definition) is 4. The van der Waals surface area contributed by atoms with Crippen molar-refractivity contribution < 1.29 is 9.59 Å². The van der Waals surface area contributed by atoms with E-state index in [9.17, 15) is 14.9 Å². The van der Waals surface area contributed by atoms with Gasteiger partial charge >= 0.3 is 0 Å². The van der Waals surface area contributed by atoms with Crippen LogP contribution in [0.5, 0.6) is 0 Å². The normalized spacial score (nSPS) is 15.7. The van der Waals surface area contributed by atoms with Crippen molar-refractivity contribution in [3.8, 4) is 17.2 Å². The van der Waals surface area contributed by atoms with E-state index >= 15 is 0 Å². The summed E-state index contributed by atoms with van der Waals surface area (Å²) in [4.78, 5) is 29.9. The molecule has 7 heteroatoms. The Labute approximate surface area is 172 Å². The Morgan fingerprint density at radius 1 is 1.21 bits per heavy atom. The zero-order valence-electron chi connectivity index (χ0n) is 17.0. The summed E-state index contributed by atoms with van der Waals surface area (Å²) in [6.45, 7) is 6.46. The molecule has 2 N–H and O–H groups in total. The highest BCUT2D eigenvalue weighted by Gasteiger charge is 2.46. The molecule has 2 amide bonds. The molecule has 0 spiro atoms. The molecule has 2 aromatic rings. The second-order valence-electron chi connectivity index (χ2n) is 8.80. The van der Waals surface area contributed by atoms with E-state index in [4.69, 9.17) is 0 Å². The van der Waals surface area contributed by atoms with Crippen molar-refractivity contribution >= 4 is 19.9 Å². The number of aromatic nitrogens is 1. The largest absolute Gasteiger partial charge is 0.341 e. The number of benzene rings is 1. The van der Waals surface area contributed by atoms with Gasteiger partial charge in [-0.05, 0) is 42.6 Å². The molecule has 1 aliphatic carbocycles. The van der Waals surface area contributed by atoms with Crippen LogP contribution in [0.4, 0.5) is 0 Å². The lowest BCUT2D eigenvalue weighted by atomic mass is 10.0. The van der Waals surface area contributed by atoms with Crippen molar-refractivity contribution in [1.82, 2.24) is 15.6 Å². The summed E-state index contributed by atoms with van der Waals surface area (Å²) in [5.74, 6) is -0.570. The van der Waals surface area contributed by atoms with E-state index < -0.39 is 19.7 Å². The fourth-order valence-electron chi connectivity index (χ4n) is 3.15. The van der Waals surface area contributed by atoms with Gasteiger partial charge in [-0.25, -0.2) is 0 Å². The standard InChI is InChI=1S/C22H26N4O2Si/c1-29(2,3)14-19(21(28)26-22(15-23)9-10-22)25-20(27)17-7-4-6-16(12-17)18-8-5-11-24-13-18/h4-8,11-13,19H,9-10,14H2,1-3H3,(H,25,27)(H,26,28)/t19-/m0/s1. The van der Waals surface area contributed by atoms with Crippen LogP contribution in [-0.4, -0.2) is 36.5 Å². The lowest BCUT2D eigenvalue weighted by molar-refractivity contribution is -0.123. The zero-order valence-corrected chi connectivity index (χ0v) is 18.0. The summed E-state index contributed by atoms with van der Waals surface area (Å²) in [6.07, 6.45) is 4.77. The fraction of sp³-hybridized carbons (Fsp3) is 0.364. The van der Waals surface area contributed by atoms with Gasteiger partial charge in [0.2, 0.25) is 5.91 Å². The van der Waals surface area contributed by atoms with Gasteiger partial charge < -0.3 is 10.6 Å². The maximum Gasteiger partial charge on any atom is 0.251 e. The topological polar surface area (TPSA) is 94.9 Å². The molecule has 1 aromatic heterocycles. The first kappa shape index (κ1) is 20.7. The highest BCUT2D eigenvalue weighted by atomic mass is 28.3. The Morgan fingerprint density at radius 2 is 1.93 bits per heavy atom. The average molecular weight is 407 g/mol. The Morgan fingerprint density at radius 3 is 2.52 bits per heavy atom. The molecular weight excluding hydrogens is 380 g/mol. The minimum atomic E-state index is -1.65. The van der Waals surface area contributed by atoms with Crippen molar-refractivity contribution in [2.24, 2.45) is 0 Å². The second-order valence-corrected chi connectivity index (χ2v) is 14.3. The van der Waals surface area contributed by atoms with Crippen LogP contribution in [0.1, 0.15) is 23.2 Å². The van der Waals surface area contributed by atoms with E-state index in [0.717, 1.165) is 11.1 Å². The summed E-state index contributed by atoms with van der Waals surface area (Å²) in [5, 5.41) is 15.0. The van der Waals surface area contributed by atoms with Gasteiger partial charge in [-0.1, -0.05) is 37.8 Å². The second kappa shape index (κ2) is 8.17. The van der Waals surface area contributed by atoms with E-state index in [1.807, 2.05) is 24.3 Å². The predicted octanol–water partition coefficient (Wildman–Crippen LogP) is 3.36. The maximum absolute atomic E-state index is 12.9. The molecule has 29 heavy (non-hydrogen) atoms. The molecule has 1 saturated carbocycles. The minimum Gasteiger partial charge on any atom is -0.341 e. The molecule has 0 bridgehead atoms. The van der Waals surface area contributed by atoms with Crippen LogP contribution in [0, 0.1) is 11.3 Å². The number of amides is 2. The number of carbonyl (C=O) groups is 2. The lowest BCUT2D eigenvalue weighted by Gasteiger charge is -2.26. The molecule has 1 fully saturated rings. The van der Waals surface area contributed by atoms with Crippen LogP contribution in [0.2, 0.25) is 25.7 Å². The van der Waals surface area contributed by atoms with Gasteiger partial charge in [0.1, 0.15) is 11.6 Å².